The van der Waals surface area contributed by atoms with Crippen LogP contribution in [0, 0.1) is 6.92 Å². The highest BCUT2D eigenvalue weighted by atomic mass is 32.2. The Kier molecular flexibility index (Phi) is 15.3. The number of esters is 1. The minimum Gasteiger partial charge on any atom is -0.461 e. The van der Waals surface area contributed by atoms with E-state index in [0.717, 1.165) is 24.8 Å². The summed E-state index contributed by atoms with van der Waals surface area (Å²) in [5, 5.41) is 0. The Labute approximate surface area is 196 Å². The number of aryl methyl sites for hydroxylation is 1. The van der Waals surface area contributed by atoms with Gasteiger partial charge in [0.15, 0.2) is 0 Å². The second-order valence-electron chi connectivity index (χ2n) is 8.90. The van der Waals surface area contributed by atoms with Gasteiger partial charge in [0.2, 0.25) is 0 Å². The lowest BCUT2D eigenvalue weighted by molar-refractivity contribution is -0.145. The molecule has 0 saturated carbocycles. The van der Waals surface area contributed by atoms with Crippen molar-refractivity contribution >= 4 is 16.1 Å². The summed E-state index contributed by atoms with van der Waals surface area (Å²) >= 11 is 0. The van der Waals surface area contributed by atoms with E-state index in [-0.39, 0.29) is 17.5 Å². The van der Waals surface area contributed by atoms with Gasteiger partial charge in [-0.3, -0.25) is 4.79 Å². The number of unbranched alkanes of at least 4 members (excludes halogenated alkanes) is 14. The lowest BCUT2D eigenvalue weighted by atomic mass is 10.0. The smallest absolute Gasteiger partial charge is 0.324 e. The third-order valence-electron chi connectivity index (χ3n) is 5.98. The second-order valence-corrected chi connectivity index (χ2v) is 10.3. The first-order chi connectivity index (χ1) is 15.3. The zero-order valence-corrected chi connectivity index (χ0v) is 21.0. The van der Waals surface area contributed by atoms with Crippen LogP contribution < -0.4 is 0 Å². The molecule has 1 radical (unpaired) electrons. The molecule has 1 aromatic rings. The molecule has 0 N–H and O–H groups in total. The molecule has 183 valence electrons. The van der Waals surface area contributed by atoms with Crippen molar-refractivity contribution in [3.05, 3.63) is 29.3 Å². The lowest BCUT2D eigenvalue weighted by Crippen LogP contribution is -2.06. The van der Waals surface area contributed by atoms with Crippen LogP contribution in [0.3, 0.4) is 0 Å². The van der Waals surface area contributed by atoms with Crippen LogP contribution in [0.5, 0.6) is 0 Å². The summed E-state index contributed by atoms with van der Waals surface area (Å²) < 4.78 is 38.7. The molecule has 0 atom stereocenters. The minimum atomic E-state index is -4.51. The van der Waals surface area contributed by atoms with E-state index in [9.17, 15) is 17.8 Å². The molecule has 0 amide bonds. The first-order valence-corrected chi connectivity index (χ1v) is 14.0. The molecule has 32 heavy (non-hydrogen) atoms. The number of benzene rings is 1. The predicted molar refractivity (Wildman–Crippen MR) is 128 cm³/mol. The molecule has 0 spiro atoms. The van der Waals surface area contributed by atoms with Gasteiger partial charge in [0.25, 0.3) is 0 Å². The standard InChI is InChI=1S/C26H43O5S/c1-3-4-5-6-7-8-9-10-11-12-13-14-15-16-17-18-26(27)31-22-24-21-25(32(28,29)30)20-19-23(24)2/h19-21H,3-18,22H2,1-2H3. The van der Waals surface area contributed by atoms with Gasteiger partial charge in [0, 0.05) is 6.42 Å². The number of hydrogen-bond donors (Lipinski definition) is 0. The number of hydrogen-bond acceptors (Lipinski definition) is 4. The predicted octanol–water partition coefficient (Wildman–Crippen LogP) is 7.42. The number of carbonyl (C=O) groups excluding carboxylic acids is 1. The largest absolute Gasteiger partial charge is 0.461 e. The van der Waals surface area contributed by atoms with Crippen molar-refractivity contribution in [3.8, 4) is 0 Å². The van der Waals surface area contributed by atoms with E-state index in [4.69, 9.17) is 4.74 Å². The fraction of sp³-hybridized carbons (Fsp3) is 0.731. The molecule has 6 heteroatoms. The van der Waals surface area contributed by atoms with E-state index in [2.05, 4.69) is 6.92 Å². The Morgan fingerprint density at radius 1 is 0.781 bits per heavy atom. The molecule has 0 unspecified atom stereocenters. The summed E-state index contributed by atoms with van der Waals surface area (Å²) in [6.45, 7) is 4.04. The first kappa shape index (κ1) is 28.6. The molecule has 0 fully saturated rings. The molecule has 0 bridgehead atoms. The normalized spacial score (nSPS) is 11.6. The fourth-order valence-corrected chi connectivity index (χ4v) is 4.35. The van der Waals surface area contributed by atoms with Crippen molar-refractivity contribution < 1.29 is 22.5 Å². The first-order valence-electron chi connectivity index (χ1n) is 12.6. The van der Waals surface area contributed by atoms with Crippen molar-refractivity contribution in [1.29, 1.82) is 0 Å². The van der Waals surface area contributed by atoms with E-state index in [1.807, 2.05) is 0 Å². The van der Waals surface area contributed by atoms with Crippen LogP contribution in [0.1, 0.15) is 121 Å². The van der Waals surface area contributed by atoms with Gasteiger partial charge in [0.05, 0.1) is 4.90 Å². The molecular weight excluding hydrogens is 424 g/mol. The zero-order chi connectivity index (χ0) is 23.7. The van der Waals surface area contributed by atoms with Crippen molar-refractivity contribution in [3.63, 3.8) is 0 Å². The fourth-order valence-electron chi connectivity index (χ4n) is 3.83. The van der Waals surface area contributed by atoms with Crippen molar-refractivity contribution in [2.24, 2.45) is 0 Å². The SMILES string of the molecule is CCCCCCCCCCCCCCCCCC(=O)OCc1cc(S([O])(=O)=O)ccc1C. The lowest BCUT2D eigenvalue weighted by Gasteiger charge is -2.09. The summed E-state index contributed by atoms with van der Waals surface area (Å²) in [6, 6.07) is 4.12. The highest BCUT2D eigenvalue weighted by molar-refractivity contribution is 7.85. The summed E-state index contributed by atoms with van der Waals surface area (Å²) in [7, 11) is -4.51. The van der Waals surface area contributed by atoms with Crippen LogP contribution in [-0.4, -0.2) is 14.4 Å². The Morgan fingerprint density at radius 3 is 1.72 bits per heavy atom. The Hall–Kier alpha value is -1.40. The third-order valence-corrected chi connectivity index (χ3v) is 6.81. The maximum absolute atomic E-state index is 11.9. The number of rotatable bonds is 19. The van der Waals surface area contributed by atoms with Gasteiger partial charge in [0.1, 0.15) is 6.61 Å². The summed E-state index contributed by atoms with van der Waals surface area (Å²) in [5.74, 6) is -0.283. The van der Waals surface area contributed by atoms with Crippen molar-refractivity contribution in [2.75, 3.05) is 0 Å². The molecule has 0 heterocycles. The molecule has 1 aromatic carbocycles. The Balaban J connectivity index is 1.99. The highest BCUT2D eigenvalue weighted by Crippen LogP contribution is 2.18. The molecule has 0 saturated heterocycles. The maximum Gasteiger partial charge on any atom is 0.324 e. The molecule has 0 aromatic heterocycles. The van der Waals surface area contributed by atoms with Crippen LogP contribution in [-0.2, 0) is 30.8 Å². The topological polar surface area (TPSA) is 80.3 Å². The van der Waals surface area contributed by atoms with Crippen LogP contribution in [0.15, 0.2) is 23.1 Å². The number of ether oxygens (including phenoxy) is 1. The monoisotopic (exact) mass is 467 g/mol. The minimum absolute atomic E-state index is 0.00718. The molecule has 0 aliphatic carbocycles. The Morgan fingerprint density at radius 2 is 1.25 bits per heavy atom. The van der Waals surface area contributed by atoms with Crippen molar-refractivity contribution in [2.45, 2.75) is 128 Å². The molecular formula is C26H43O5S. The second kappa shape index (κ2) is 17.1. The average molecular weight is 468 g/mol. The molecule has 0 aliphatic heterocycles. The van der Waals surface area contributed by atoms with Crippen LogP contribution >= 0.6 is 0 Å². The third kappa shape index (κ3) is 13.9. The van der Waals surface area contributed by atoms with Crippen LogP contribution in [0.2, 0.25) is 0 Å². The van der Waals surface area contributed by atoms with E-state index in [1.165, 1.54) is 89.2 Å². The van der Waals surface area contributed by atoms with Crippen molar-refractivity contribution in [1.82, 2.24) is 0 Å². The molecule has 5 nitrogen and oxygen atoms in total. The van der Waals surface area contributed by atoms with Gasteiger partial charge < -0.3 is 4.74 Å². The summed E-state index contributed by atoms with van der Waals surface area (Å²) in [6.07, 6.45) is 19.5. The zero-order valence-electron chi connectivity index (χ0n) is 20.2. The van der Waals surface area contributed by atoms with E-state index < -0.39 is 10.1 Å². The summed E-state index contributed by atoms with van der Waals surface area (Å²) in [4.78, 5) is 11.6. The number of carbonyl (C=O) groups is 1. The van der Waals surface area contributed by atoms with Gasteiger partial charge in [-0.2, -0.15) is 8.42 Å². The van der Waals surface area contributed by atoms with E-state index in [0.29, 0.717) is 12.0 Å². The van der Waals surface area contributed by atoms with Crippen LogP contribution in [0.25, 0.3) is 0 Å². The van der Waals surface area contributed by atoms with Crippen LogP contribution in [0.4, 0.5) is 0 Å². The van der Waals surface area contributed by atoms with Gasteiger partial charge in [-0.15, -0.1) is 0 Å². The quantitative estimate of drug-likeness (QED) is 0.157. The summed E-state index contributed by atoms with van der Waals surface area (Å²) in [5.41, 5.74) is 1.34. The van der Waals surface area contributed by atoms with Gasteiger partial charge in [-0.05, 0) is 36.6 Å². The van der Waals surface area contributed by atoms with Gasteiger partial charge >= 0.3 is 16.1 Å². The highest BCUT2D eigenvalue weighted by Gasteiger charge is 2.14. The van der Waals surface area contributed by atoms with Gasteiger partial charge in [-0.25, -0.2) is 0 Å². The Bertz CT molecular complexity index is 743. The maximum atomic E-state index is 11.9. The molecule has 1 rings (SSSR count). The van der Waals surface area contributed by atoms with E-state index in [1.54, 1.807) is 13.0 Å². The molecule has 0 aliphatic rings. The average Bonchev–Trinajstić information content (AvgIpc) is 2.75. The van der Waals surface area contributed by atoms with Gasteiger partial charge in [-0.1, -0.05) is 107 Å². The van der Waals surface area contributed by atoms with E-state index >= 15 is 0 Å².